The fourth-order valence-electron chi connectivity index (χ4n) is 4.74. The predicted octanol–water partition coefficient (Wildman–Crippen LogP) is 5.49. The average molecular weight is 593 g/mol. The van der Waals surface area contributed by atoms with Gasteiger partial charge in [0.25, 0.3) is 0 Å². The van der Waals surface area contributed by atoms with E-state index in [2.05, 4.69) is 42.7 Å². The van der Waals surface area contributed by atoms with Gasteiger partial charge in [0.2, 0.25) is 0 Å². The summed E-state index contributed by atoms with van der Waals surface area (Å²) in [6, 6.07) is 13.7. The maximum Gasteiger partial charge on any atom is 0.141 e. The molecule has 1 saturated heterocycles. The minimum absolute atomic E-state index is 0.0433. The largest absolute Gasteiger partial charge is 0.387 e. The summed E-state index contributed by atoms with van der Waals surface area (Å²) in [6.45, 7) is 1.91. The molecule has 1 aliphatic rings. The van der Waals surface area contributed by atoms with Crippen LogP contribution < -0.4 is 32.5 Å². The van der Waals surface area contributed by atoms with Gasteiger partial charge in [-0.05, 0) is 67.9 Å². The number of hydrogen-bond acceptors (Lipinski definition) is 9. The number of anilines is 3. The summed E-state index contributed by atoms with van der Waals surface area (Å²) in [7, 11) is 0. The summed E-state index contributed by atoms with van der Waals surface area (Å²) in [5.41, 5.74) is 6.78. The number of halogens is 3. The van der Waals surface area contributed by atoms with Crippen molar-refractivity contribution in [3.05, 3.63) is 99.9 Å². The second kappa shape index (κ2) is 13.0. The standard InChI is InChI=1S/C29H28Cl2FN9/c30-23-11-20(3-4-25(23)32)39-27-18(13-33)15-38-29-22(27)10-21(12-24(29)31)40-28(17-2-1-7-36-14-17)26(41-34)16-37-19-5-8-35-9-6-19/h1-4,7,10-12,14-16,19,28,35,37,40-41H,5-6,8-9,34H2,(H,38,39)/b26-16-. The maximum atomic E-state index is 13.8. The van der Waals surface area contributed by atoms with Gasteiger partial charge in [-0.1, -0.05) is 29.3 Å². The van der Waals surface area contributed by atoms with Gasteiger partial charge in [0.1, 0.15) is 11.9 Å². The minimum Gasteiger partial charge on any atom is -0.387 e. The molecule has 1 fully saturated rings. The zero-order valence-corrected chi connectivity index (χ0v) is 23.4. The van der Waals surface area contributed by atoms with E-state index in [1.165, 1.54) is 24.4 Å². The molecule has 9 nitrogen and oxygen atoms in total. The third-order valence-electron chi connectivity index (χ3n) is 6.85. The number of piperidine rings is 1. The van der Waals surface area contributed by atoms with Crippen molar-refractivity contribution in [1.29, 1.82) is 5.26 Å². The summed E-state index contributed by atoms with van der Waals surface area (Å²) < 4.78 is 13.8. The number of rotatable bonds is 9. The van der Waals surface area contributed by atoms with Crippen molar-refractivity contribution < 1.29 is 4.39 Å². The van der Waals surface area contributed by atoms with E-state index < -0.39 is 11.9 Å². The lowest BCUT2D eigenvalue weighted by Gasteiger charge is -2.26. The molecule has 0 aliphatic carbocycles. The topological polar surface area (TPSA) is 136 Å². The van der Waals surface area contributed by atoms with Gasteiger partial charge >= 0.3 is 0 Å². The molecular formula is C29H28Cl2FN9. The fraction of sp³-hybridized carbons (Fsp3) is 0.207. The Morgan fingerprint density at radius 1 is 1.12 bits per heavy atom. The number of nitrogens with two attached hydrogens (primary N) is 1. The molecule has 4 aromatic rings. The van der Waals surface area contributed by atoms with Gasteiger partial charge in [0.05, 0.1) is 38.6 Å². The van der Waals surface area contributed by atoms with E-state index in [0.29, 0.717) is 44.7 Å². The molecule has 12 heteroatoms. The molecule has 0 amide bonds. The van der Waals surface area contributed by atoms with Crippen LogP contribution in [-0.4, -0.2) is 29.1 Å². The van der Waals surface area contributed by atoms with Gasteiger partial charge in [0.15, 0.2) is 0 Å². The van der Waals surface area contributed by atoms with Gasteiger partial charge in [0, 0.05) is 47.6 Å². The Morgan fingerprint density at radius 2 is 1.93 bits per heavy atom. The highest BCUT2D eigenvalue weighted by Crippen LogP contribution is 2.37. The van der Waals surface area contributed by atoms with Crippen LogP contribution in [0, 0.1) is 17.1 Å². The third-order valence-corrected chi connectivity index (χ3v) is 7.43. The number of nitriles is 1. The number of nitrogens with zero attached hydrogens (tertiary/aromatic N) is 3. The highest BCUT2D eigenvalue weighted by atomic mass is 35.5. The molecule has 2 aromatic heterocycles. The average Bonchev–Trinajstić information content (AvgIpc) is 3.00. The van der Waals surface area contributed by atoms with Gasteiger partial charge in [-0.3, -0.25) is 15.8 Å². The molecule has 0 spiro atoms. The predicted molar refractivity (Wildman–Crippen MR) is 161 cm³/mol. The van der Waals surface area contributed by atoms with E-state index in [1.807, 2.05) is 24.4 Å². The van der Waals surface area contributed by atoms with E-state index in [0.717, 1.165) is 31.5 Å². The summed E-state index contributed by atoms with van der Waals surface area (Å²) >= 11 is 12.7. The lowest BCUT2D eigenvalue weighted by Crippen LogP contribution is -2.39. The van der Waals surface area contributed by atoms with Crippen LogP contribution in [0.4, 0.5) is 21.5 Å². The number of aromatic nitrogens is 2. The van der Waals surface area contributed by atoms with Crippen LogP contribution in [0.15, 0.2) is 73.0 Å². The van der Waals surface area contributed by atoms with Crippen molar-refractivity contribution in [2.75, 3.05) is 23.7 Å². The van der Waals surface area contributed by atoms with E-state index in [1.54, 1.807) is 18.5 Å². The molecule has 1 unspecified atom stereocenters. The Balaban J connectivity index is 1.54. The Bertz CT molecular complexity index is 1600. The van der Waals surface area contributed by atoms with Crippen LogP contribution in [0.2, 0.25) is 10.0 Å². The molecule has 210 valence electrons. The smallest absolute Gasteiger partial charge is 0.141 e. The second-order valence-corrected chi connectivity index (χ2v) is 10.4. The van der Waals surface area contributed by atoms with Crippen LogP contribution in [0.1, 0.15) is 30.0 Å². The molecule has 1 atom stereocenters. The molecule has 1 aliphatic heterocycles. The van der Waals surface area contributed by atoms with E-state index >= 15 is 0 Å². The summed E-state index contributed by atoms with van der Waals surface area (Å²) in [5.74, 6) is 5.48. The minimum atomic E-state index is -0.541. The van der Waals surface area contributed by atoms with Crippen molar-refractivity contribution >= 4 is 51.2 Å². The molecule has 0 radical (unpaired) electrons. The van der Waals surface area contributed by atoms with Gasteiger partial charge in [-0.15, -0.1) is 0 Å². The molecule has 3 heterocycles. The lowest BCUT2D eigenvalue weighted by molar-refractivity contribution is 0.418. The van der Waals surface area contributed by atoms with Crippen molar-refractivity contribution in [2.45, 2.75) is 24.9 Å². The van der Waals surface area contributed by atoms with Crippen molar-refractivity contribution in [1.82, 2.24) is 26.0 Å². The highest BCUT2D eigenvalue weighted by Gasteiger charge is 2.20. The summed E-state index contributed by atoms with van der Waals surface area (Å²) in [4.78, 5) is 8.71. The molecular weight excluding hydrogens is 564 g/mol. The molecule has 2 aromatic carbocycles. The van der Waals surface area contributed by atoms with Gasteiger partial charge in [-0.2, -0.15) is 5.26 Å². The van der Waals surface area contributed by atoms with Crippen LogP contribution in [0.3, 0.4) is 0 Å². The molecule has 0 saturated carbocycles. The first-order valence-corrected chi connectivity index (χ1v) is 13.8. The Morgan fingerprint density at radius 3 is 2.63 bits per heavy atom. The maximum absolute atomic E-state index is 13.8. The number of hydrogen-bond donors (Lipinski definition) is 6. The van der Waals surface area contributed by atoms with E-state index in [-0.39, 0.29) is 10.6 Å². The van der Waals surface area contributed by atoms with Crippen LogP contribution >= 0.6 is 23.2 Å². The molecule has 7 N–H and O–H groups in total. The molecule has 41 heavy (non-hydrogen) atoms. The zero-order valence-electron chi connectivity index (χ0n) is 21.9. The number of nitrogens with one attached hydrogen (secondary N) is 5. The van der Waals surface area contributed by atoms with E-state index in [4.69, 9.17) is 29.0 Å². The summed E-state index contributed by atoms with van der Waals surface area (Å²) in [5, 5.41) is 24.3. The zero-order chi connectivity index (χ0) is 28.8. The second-order valence-electron chi connectivity index (χ2n) is 9.57. The summed E-state index contributed by atoms with van der Waals surface area (Å²) in [6.07, 6.45) is 8.81. The van der Waals surface area contributed by atoms with Crippen LogP contribution in [0.25, 0.3) is 10.9 Å². The number of hydrazine groups is 1. The first-order valence-electron chi connectivity index (χ1n) is 13.0. The Labute approximate surface area is 246 Å². The first-order chi connectivity index (χ1) is 20.0. The monoisotopic (exact) mass is 591 g/mol. The normalized spacial score (nSPS) is 14.8. The number of pyridine rings is 2. The number of fused-ring (bicyclic) bond motifs is 1. The molecule has 5 rings (SSSR count). The molecule has 0 bridgehead atoms. The lowest BCUT2D eigenvalue weighted by atomic mass is 10.0. The number of benzene rings is 2. The first kappa shape index (κ1) is 28.4. The van der Waals surface area contributed by atoms with Gasteiger partial charge < -0.3 is 26.7 Å². The Kier molecular flexibility index (Phi) is 9.01. The van der Waals surface area contributed by atoms with E-state index in [9.17, 15) is 9.65 Å². The quantitative estimate of drug-likeness (QED) is 0.110. The Hall–Kier alpha value is -4.14. The van der Waals surface area contributed by atoms with Crippen LogP contribution in [0.5, 0.6) is 0 Å². The van der Waals surface area contributed by atoms with Crippen LogP contribution in [-0.2, 0) is 0 Å². The van der Waals surface area contributed by atoms with Crippen molar-refractivity contribution in [2.24, 2.45) is 5.84 Å². The SMILES string of the molecule is N#Cc1cnc2c(Cl)cc(NC(/C(=C/NC3CCNCC3)NN)c3cccnc3)cc2c1Nc1ccc(F)c(Cl)c1. The van der Waals surface area contributed by atoms with Crippen molar-refractivity contribution in [3.63, 3.8) is 0 Å². The van der Waals surface area contributed by atoms with Crippen molar-refractivity contribution in [3.8, 4) is 6.07 Å². The highest BCUT2D eigenvalue weighted by molar-refractivity contribution is 6.36. The third kappa shape index (κ3) is 6.61. The fourth-order valence-corrected chi connectivity index (χ4v) is 5.19. The van der Waals surface area contributed by atoms with Gasteiger partial charge in [-0.25, -0.2) is 4.39 Å².